The summed E-state index contributed by atoms with van der Waals surface area (Å²) in [4.78, 5) is 0. The molecule has 0 spiro atoms. The van der Waals surface area contributed by atoms with Crippen LogP contribution in [0.1, 0.15) is 0 Å². The molecular weight excluding hydrogens is 194 g/mol. The molecule has 1 fully saturated rings. The minimum atomic E-state index is 0.544. The summed E-state index contributed by atoms with van der Waals surface area (Å²) in [6, 6.07) is 0. The first kappa shape index (κ1) is 8.28. The van der Waals surface area contributed by atoms with Gasteiger partial charge in [0.25, 0.3) is 0 Å². The van der Waals surface area contributed by atoms with Gasteiger partial charge in [0.05, 0.1) is 13.2 Å². The molecule has 0 saturated carbocycles. The van der Waals surface area contributed by atoms with Gasteiger partial charge >= 0.3 is 0 Å². The van der Waals surface area contributed by atoms with Gasteiger partial charge in [-0.2, -0.15) is 0 Å². The van der Waals surface area contributed by atoms with Gasteiger partial charge in [0.15, 0.2) is 4.34 Å². The van der Waals surface area contributed by atoms with E-state index in [1.54, 1.807) is 11.8 Å². The Hall–Kier alpha value is -0.330. The molecule has 1 saturated heterocycles. The Morgan fingerprint density at radius 1 is 1.58 bits per heavy atom. The fourth-order valence-corrected chi connectivity index (χ4v) is 2.56. The number of nitrogens with two attached hydrogens (primary N) is 1. The lowest BCUT2D eigenvalue weighted by molar-refractivity contribution is -0.0196. The van der Waals surface area contributed by atoms with Gasteiger partial charge in [0.2, 0.25) is 5.13 Å². The van der Waals surface area contributed by atoms with Crippen LogP contribution in [0.25, 0.3) is 0 Å². The first-order valence-electron chi connectivity index (χ1n) is 3.64. The second kappa shape index (κ2) is 3.59. The number of thioether (sulfide) groups is 1. The minimum Gasteiger partial charge on any atom is -0.381 e. The van der Waals surface area contributed by atoms with Crippen LogP contribution < -0.4 is 5.73 Å². The zero-order chi connectivity index (χ0) is 8.39. The highest BCUT2D eigenvalue weighted by Gasteiger charge is 2.18. The highest BCUT2D eigenvalue weighted by molar-refractivity contribution is 8.01. The quantitative estimate of drug-likeness (QED) is 0.738. The Bertz CT molecular complexity index is 261. The fourth-order valence-electron chi connectivity index (χ4n) is 0.849. The van der Waals surface area contributed by atoms with E-state index in [9.17, 15) is 0 Å². The van der Waals surface area contributed by atoms with E-state index >= 15 is 0 Å². The maximum atomic E-state index is 5.44. The minimum absolute atomic E-state index is 0.544. The Morgan fingerprint density at radius 3 is 2.92 bits per heavy atom. The van der Waals surface area contributed by atoms with Crippen LogP contribution in [-0.2, 0) is 4.74 Å². The Kier molecular flexibility index (Phi) is 2.48. The van der Waals surface area contributed by atoms with Crippen molar-refractivity contribution in [2.75, 3.05) is 24.7 Å². The van der Waals surface area contributed by atoms with Crippen molar-refractivity contribution in [2.45, 2.75) is 4.34 Å². The number of nitrogen functional groups attached to an aromatic ring is 1. The molecular formula is C6H9N3OS2. The SMILES string of the molecule is Nc1nnc(SCC2COC2)s1. The van der Waals surface area contributed by atoms with Crippen molar-refractivity contribution in [3.63, 3.8) is 0 Å². The number of rotatable bonds is 3. The summed E-state index contributed by atoms with van der Waals surface area (Å²) >= 11 is 3.15. The van der Waals surface area contributed by atoms with Crippen molar-refractivity contribution >= 4 is 28.2 Å². The van der Waals surface area contributed by atoms with E-state index in [-0.39, 0.29) is 0 Å². The number of ether oxygens (including phenoxy) is 1. The predicted molar refractivity (Wildman–Crippen MR) is 49.4 cm³/mol. The van der Waals surface area contributed by atoms with E-state index in [1.165, 1.54) is 11.3 Å². The van der Waals surface area contributed by atoms with Crippen LogP contribution in [0.5, 0.6) is 0 Å². The lowest BCUT2D eigenvalue weighted by atomic mass is 10.1. The zero-order valence-corrected chi connectivity index (χ0v) is 8.03. The van der Waals surface area contributed by atoms with Crippen LogP contribution in [-0.4, -0.2) is 29.2 Å². The van der Waals surface area contributed by atoms with E-state index in [0.717, 1.165) is 23.3 Å². The molecule has 2 heterocycles. The molecule has 66 valence electrons. The Balaban J connectivity index is 1.79. The second-order valence-corrected chi connectivity index (χ2v) is 4.90. The molecule has 6 heteroatoms. The van der Waals surface area contributed by atoms with Crippen LogP contribution in [0.4, 0.5) is 5.13 Å². The summed E-state index contributed by atoms with van der Waals surface area (Å²) in [6.07, 6.45) is 0. The first-order valence-corrected chi connectivity index (χ1v) is 5.44. The van der Waals surface area contributed by atoms with Gasteiger partial charge in [-0.05, 0) is 0 Å². The molecule has 0 atom stereocenters. The van der Waals surface area contributed by atoms with Crippen molar-refractivity contribution in [3.05, 3.63) is 0 Å². The third-order valence-electron chi connectivity index (χ3n) is 1.57. The highest BCUT2D eigenvalue weighted by Crippen LogP contribution is 2.27. The summed E-state index contributed by atoms with van der Waals surface area (Å²) in [5, 5.41) is 8.19. The number of hydrogen-bond acceptors (Lipinski definition) is 6. The predicted octanol–water partition coefficient (Wildman–Crippen LogP) is 0.859. The summed E-state index contributed by atoms with van der Waals surface area (Å²) in [6.45, 7) is 1.78. The molecule has 0 aromatic carbocycles. The lowest BCUT2D eigenvalue weighted by Crippen LogP contribution is -2.29. The number of aromatic nitrogens is 2. The second-order valence-electron chi connectivity index (χ2n) is 2.62. The number of nitrogens with zero attached hydrogens (tertiary/aromatic N) is 2. The molecule has 1 aliphatic heterocycles. The maximum Gasteiger partial charge on any atom is 0.203 e. The van der Waals surface area contributed by atoms with E-state index in [2.05, 4.69) is 10.2 Å². The number of anilines is 1. The van der Waals surface area contributed by atoms with Gasteiger partial charge < -0.3 is 10.5 Å². The lowest BCUT2D eigenvalue weighted by Gasteiger charge is -2.24. The molecule has 2 N–H and O–H groups in total. The summed E-state index contributed by atoms with van der Waals surface area (Å²) < 4.78 is 6.02. The smallest absolute Gasteiger partial charge is 0.203 e. The molecule has 0 radical (unpaired) electrons. The van der Waals surface area contributed by atoms with E-state index < -0.39 is 0 Å². The average Bonchev–Trinajstić information content (AvgIpc) is 2.32. The van der Waals surface area contributed by atoms with Crippen LogP contribution in [0.2, 0.25) is 0 Å². The van der Waals surface area contributed by atoms with E-state index in [1.807, 2.05) is 0 Å². The molecule has 1 aromatic rings. The van der Waals surface area contributed by atoms with Crippen LogP contribution >= 0.6 is 23.1 Å². The normalized spacial score (nSPS) is 17.7. The molecule has 0 amide bonds. The van der Waals surface area contributed by atoms with Crippen LogP contribution in [0, 0.1) is 5.92 Å². The summed E-state index contributed by atoms with van der Waals surface area (Å²) in [7, 11) is 0. The number of hydrogen-bond donors (Lipinski definition) is 1. The zero-order valence-electron chi connectivity index (χ0n) is 6.40. The maximum absolute atomic E-state index is 5.44. The molecule has 1 aromatic heterocycles. The van der Waals surface area contributed by atoms with Crippen LogP contribution in [0.15, 0.2) is 4.34 Å². The molecule has 2 rings (SSSR count). The largest absolute Gasteiger partial charge is 0.381 e. The van der Waals surface area contributed by atoms with E-state index in [0.29, 0.717) is 11.0 Å². The molecule has 12 heavy (non-hydrogen) atoms. The standard InChI is InChI=1S/C6H9N3OS2/c7-5-8-9-6(12-5)11-3-4-1-10-2-4/h4H,1-3H2,(H2,7,8). The fraction of sp³-hybridized carbons (Fsp3) is 0.667. The van der Waals surface area contributed by atoms with Crippen molar-refractivity contribution in [1.82, 2.24) is 10.2 Å². The van der Waals surface area contributed by atoms with Crippen molar-refractivity contribution < 1.29 is 4.74 Å². The third-order valence-corrected chi connectivity index (χ3v) is 3.69. The van der Waals surface area contributed by atoms with Gasteiger partial charge in [0.1, 0.15) is 0 Å². The van der Waals surface area contributed by atoms with E-state index in [4.69, 9.17) is 10.5 Å². The summed E-state index contributed by atoms with van der Waals surface area (Å²) in [5.41, 5.74) is 5.44. The highest BCUT2D eigenvalue weighted by atomic mass is 32.2. The summed E-state index contributed by atoms with van der Waals surface area (Å²) in [5.74, 6) is 1.76. The van der Waals surface area contributed by atoms with Gasteiger partial charge in [-0.15, -0.1) is 10.2 Å². The van der Waals surface area contributed by atoms with Gasteiger partial charge in [0, 0.05) is 11.7 Å². The monoisotopic (exact) mass is 203 g/mol. The Labute approximate surface area is 78.5 Å². The topological polar surface area (TPSA) is 61.0 Å². The van der Waals surface area contributed by atoms with Gasteiger partial charge in [-0.25, -0.2) is 0 Å². The van der Waals surface area contributed by atoms with Gasteiger partial charge in [-0.3, -0.25) is 0 Å². The molecule has 0 bridgehead atoms. The first-order chi connectivity index (χ1) is 5.84. The third kappa shape index (κ3) is 1.88. The van der Waals surface area contributed by atoms with Crippen LogP contribution in [0.3, 0.4) is 0 Å². The molecule has 1 aliphatic rings. The van der Waals surface area contributed by atoms with Crippen molar-refractivity contribution in [2.24, 2.45) is 5.92 Å². The van der Waals surface area contributed by atoms with Crippen molar-refractivity contribution in [3.8, 4) is 0 Å². The van der Waals surface area contributed by atoms with Crippen molar-refractivity contribution in [1.29, 1.82) is 0 Å². The molecule has 0 aliphatic carbocycles. The average molecular weight is 203 g/mol. The van der Waals surface area contributed by atoms with Gasteiger partial charge in [-0.1, -0.05) is 23.1 Å². The molecule has 0 unspecified atom stereocenters. The Morgan fingerprint density at radius 2 is 2.42 bits per heavy atom. The molecule has 4 nitrogen and oxygen atoms in total.